The highest BCUT2D eigenvalue weighted by Gasteiger charge is 2.27. The molecule has 0 saturated carbocycles. The first kappa shape index (κ1) is 18.6. The van der Waals surface area contributed by atoms with Gasteiger partial charge in [-0.3, -0.25) is 0 Å². The van der Waals surface area contributed by atoms with Crippen LogP contribution in [0.4, 0.5) is 0 Å². The molecule has 1 fully saturated rings. The fourth-order valence-corrected chi connectivity index (χ4v) is 4.14. The molecule has 1 heterocycles. The molecule has 0 radical (unpaired) electrons. The molecule has 138 valence electrons. The fraction of sp³-hybridized carbons (Fsp3) is 0.300. The molecule has 26 heavy (non-hydrogen) atoms. The van der Waals surface area contributed by atoms with Gasteiger partial charge in [0.15, 0.2) is 0 Å². The average molecular weight is 373 g/mol. The van der Waals surface area contributed by atoms with Crippen molar-refractivity contribution >= 4 is 16.1 Å². The third-order valence-electron chi connectivity index (χ3n) is 4.49. The molecule has 2 aromatic rings. The van der Waals surface area contributed by atoms with E-state index in [-0.39, 0.29) is 0 Å². The first-order valence-electron chi connectivity index (χ1n) is 8.88. The van der Waals surface area contributed by atoms with E-state index in [1.165, 1.54) is 10.3 Å². The molecular weight excluding hydrogens is 348 g/mol. The molecule has 5 nitrogen and oxygen atoms in total. The van der Waals surface area contributed by atoms with Gasteiger partial charge in [0.1, 0.15) is 18.9 Å². The molecule has 0 unspecified atom stereocenters. The second-order valence-corrected chi connectivity index (χ2v) is 8.14. The first-order valence-corrected chi connectivity index (χ1v) is 10.4. The predicted octanol–water partition coefficient (Wildman–Crippen LogP) is 1.27. The molecule has 0 aliphatic carbocycles. The second kappa shape index (κ2) is 8.98. The Bertz CT molecular complexity index is 799. The number of ether oxygens (including phenoxy) is 1. The molecule has 0 atom stereocenters. The molecule has 1 saturated heterocycles. The lowest BCUT2D eigenvalue weighted by Gasteiger charge is -2.30. The van der Waals surface area contributed by atoms with E-state index in [0.717, 1.165) is 30.9 Å². The summed E-state index contributed by atoms with van der Waals surface area (Å²) in [4.78, 5) is 1.37. The summed E-state index contributed by atoms with van der Waals surface area (Å²) in [5, 5.41) is 1.31. The highest BCUT2D eigenvalue weighted by atomic mass is 32.2. The van der Waals surface area contributed by atoms with Gasteiger partial charge in [-0.2, -0.15) is 4.31 Å². The van der Waals surface area contributed by atoms with Crippen LogP contribution in [0.15, 0.2) is 66.1 Å². The van der Waals surface area contributed by atoms with Gasteiger partial charge >= 0.3 is 0 Å². The molecule has 0 aromatic heterocycles. The Hall–Kier alpha value is -2.15. The van der Waals surface area contributed by atoms with Gasteiger partial charge in [-0.1, -0.05) is 48.5 Å². The monoisotopic (exact) mass is 373 g/mol. The second-order valence-electron chi connectivity index (χ2n) is 6.32. The van der Waals surface area contributed by atoms with Crippen LogP contribution < -0.4 is 9.64 Å². The van der Waals surface area contributed by atoms with Crippen LogP contribution in [-0.2, 0) is 10.0 Å². The van der Waals surface area contributed by atoms with Gasteiger partial charge in [0.25, 0.3) is 0 Å². The number of hydrogen-bond acceptors (Lipinski definition) is 3. The number of para-hydroxylation sites is 1. The van der Waals surface area contributed by atoms with Gasteiger partial charge in [-0.25, -0.2) is 8.42 Å². The van der Waals surface area contributed by atoms with E-state index in [1.54, 1.807) is 10.4 Å². The Morgan fingerprint density at radius 3 is 2.23 bits per heavy atom. The van der Waals surface area contributed by atoms with Gasteiger partial charge < -0.3 is 9.64 Å². The Morgan fingerprint density at radius 2 is 1.58 bits per heavy atom. The van der Waals surface area contributed by atoms with Crippen molar-refractivity contribution in [3.63, 3.8) is 0 Å². The maximum atomic E-state index is 12.5. The Kier molecular flexibility index (Phi) is 6.44. The zero-order chi connectivity index (χ0) is 18.2. The summed E-state index contributed by atoms with van der Waals surface area (Å²) in [7, 11) is -3.36. The summed E-state index contributed by atoms with van der Waals surface area (Å²) < 4.78 is 32.2. The van der Waals surface area contributed by atoms with Crippen molar-refractivity contribution in [3.8, 4) is 5.75 Å². The van der Waals surface area contributed by atoms with Gasteiger partial charge in [-0.05, 0) is 23.8 Å². The maximum Gasteiger partial charge on any atom is 0.236 e. The number of benzene rings is 2. The minimum atomic E-state index is -3.36. The normalized spacial score (nSPS) is 16.8. The third kappa shape index (κ3) is 5.42. The van der Waals surface area contributed by atoms with Crippen molar-refractivity contribution in [2.75, 3.05) is 39.3 Å². The molecule has 2 aromatic carbocycles. The van der Waals surface area contributed by atoms with Crippen molar-refractivity contribution in [1.29, 1.82) is 0 Å². The van der Waals surface area contributed by atoms with Crippen molar-refractivity contribution in [2.24, 2.45) is 0 Å². The topological polar surface area (TPSA) is 51.0 Å². The van der Waals surface area contributed by atoms with Crippen molar-refractivity contribution in [3.05, 3.63) is 71.6 Å². The van der Waals surface area contributed by atoms with Crippen LogP contribution in [0.1, 0.15) is 5.56 Å². The van der Waals surface area contributed by atoms with Crippen LogP contribution in [0.2, 0.25) is 0 Å². The molecule has 1 aliphatic rings. The zero-order valence-electron chi connectivity index (χ0n) is 14.8. The average Bonchev–Trinajstić information content (AvgIpc) is 2.69. The van der Waals surface area contributed by atoms with Crippen LogP contribution in [0.25, 0.3) is 6.08 Å². The van der Waals surface area contributed by atoms with E-state index in [4.69, 9.17) is 4.74 Å². The van der Waals surface area contributed by atoms with E-state index in [0.29, 0.717) is 19.7 Å². The van der Waals surface area contributed by atoms with E-state index in [2.05, 4.69) is 0 Å². The first-order chi connectivity index (χ1) is 12.6. The van der Waals surface area contributed by atoms with E-state index < -0.39 is 10.0 Å². The lowest BCUT2D eigenvalue weighted by atomic mass is 10.2. The summed E-state index contributed by atoms with van der Waals surface area (Å²) in [6.45, 7) is 4.21. The van der Waals surface area contributed by atoms with E-state index in [1.807, 2.05) is 60.7 Å². The lowest BCUT2D eigenvalue weighted by Crippen LogP contribution is -3.15. The van der Waals surface area contributed by atoms with E-state index >= 15 is 0 Å². The smallest absolute Gasteiger partial charge is 0.236 e. The molecular formula is C20H25N2O3S+. The molecule has 0 amide bonds. The Balaban J connectivity index is 1.44. The van der Waals surface area contributed by atoms with Gasteiger partial charge in [0.2, 0.25) is 10.0 Å². The van der Waals surface area contributed by atoms with Crippen molar-refractivity contribution < 1.29 is 18.1 Å². The largest absolute Gasteiger partial charge is 0.488 e. The van der Waals surface area contributed by atoms with Crippen LogP contribution in [0, 0.1) is 0 Å². The van der Waals surface area contributed by atoms with E-state index in [9.17, 15) is 8.42 Å². The number of quaternary nitrogens is 1. The van der Waals surface area contributed by atoms with Crippen LogP contribution in [0.3, 0.4) is 0 Å². The summed E-state index contributed by atoms with van der Waals surface area (Å²) in [5.74, 6) is 0.874. The van der Waals surface area contributed by atoms with Gasteiger partial charge in [0, 0.05) is 5.41 Å². The number of piperazine rings is 1. The molecule has 6 heteroatoms. The number of rotatable bonds is 7. The summed E-state index contributed by atoms with van der Waals surface area (Å²) in [5.41, 5.74) is 0.887. The van der Waals surface area contributed by atoms with Crippen molar-refractivity contribution in [2.45, 2.75) is 0 Å². The number of nitrogens with one attached hydrogen (secondary N) is 1. The Morgan fingerprint density at radius 1 is 0.962 bits per heavy atom. The number of hydrogen-bond donors (Lipinski definition) is 1. The van der Waals surface area contributed by atoms with Crippen LogP contribution in [0.5, 0.6) is 5.75 Å². The molecule has 0 bridgehead atoms. The van der Waals surface area contributed by atoms with Crippen LogP contribution >= 0.6 is 0 Å². The molecule has 0 spiro atoms. The minimum Gasteiger partial charge on any atom is -0.488 e. The van der Waals surface area contributed by atoms with Gasteiger partial charge in [-0.15, -0.1) is 0 Å². The number of nitrogens with zero attached hydrogens (tertiary/aromatic N) is 1. The molecule has 1 N–H and O–H groups in total. The lowest BCUT2D eigenvalue weighted by molar-refractivity contribution is -0.903. The highest BCUT2D eigenvalue weighted by molar-refractivity contribution is 7.92. The predicted molar refractivity (Wildman–Crippen MR) is 103 cm³/mol. The molecule has 3 rings (SSSR count). The summed E-state index contributed by atoms with van der Waals surface area (Å²) in [6.07, 6.45) is 1.66. The SMILES string of the molecule is O=S(=O)(/C=C/c1ccccc1)N1CC[NH+](CCOc2ccccc2)CC1. The van der Waals surface area contributed by atoms with Crippen molar-refractivity contribution in [1.82, 2.24) is 4.31 Å². The minimum absolute atomic E-state index is 0.544. The summed E-state index contributed by atoms with van der Waals surface area (Å²) >= 11 is 0. The van der Waals surface area contributed by atoms with Gasteiger partial charge in [0.05, 0.1) is 26.2 Å². The summed E-state index contributed by atoms with van der Waals surface area (Å²) in [6, 6.07) is 19.2. The standard InChI is InChI=1S/C20H24N2O3S/c23-26(24,18-11-19-7-3-1-4-8-19)22-14-12-21(13-15-22)16-17-25-20-9-5-2-6-10-20/h1-11,18H,12-17H2/p+1/b18-11+. The zero-order valence-corrected chi connectivity index (χ0v) is 15.6. The number of sulfonamides is 1. The van der Waals surface area contributed by atoms with Crippen LogP contribution in [-0.4, -0.2) is 52.1 Å². The highest BCUT2D eigenvalue weighted by Crippen LogP contribution is 2.09. The molecule has 1 aliphatic heterocycles. The Labute approximate surface area is 155 Å². The maximum absolute atomic E-state index is 12.5. The third-order valence-corrected chi connectivity index (χ3v) is 6.05. The fourth-order valence-electron chi connectivity index (χ4n) is 2.95. The quantitative estimate of drug-likeness (QED) is 0.795.